The van der Waals surface area contributed by atoms with Crippen LogP contribution in [0.5, 0.6) is 0 Å². The average Bonchev–Trinajstić information content (AvgIpc) is 3.05. The van der Waals surface area contributed by atoms with Gasteiger partial charge in [-0.15, -0.1) is 0 Å². The van der Waals surface area contributed by atoms with Gasteiger partial charge in [-0.1, -0.05) is 0 Å². The molecule has 4 rings (SSSR count). The summed E-state index contributed by atoms with van der Waals surface area (Å²) in [4.78, 5) is 11.4. The van der Waals surface area contributed by atoms with E-state index in [9.17, 15) is 45.6 Å². The maximum Gasteiger partial charge on any atom is 0.306 e. The molecule has 1 spiro atoms. The zero-order chi connectivity index (χ0) is 24.8. The Labute approximate surface area is 195 Å². The highest BCUT2D eigenvalue weighted by molar-refractivity contribution is 5.70. The number of hydrogen-bond donors (Lipinski definition) is 8. The number of aliphatic carboxylic acids is 1. The summed E-state index contributed by atoms with van der Waals surface area (Å²) in [6.45, 7) is -1.64. The lowest BCUT2D eigenvalue weighted by atomic mass is 9.70. The van der Waals surface area contributed by atoms with Crippen LogP contribution in [0.1, 0.15) is 25.7 Å². The molecule has 3 aliphatic heterocycles. The van der Waals surface area contributed by atoms with Crippen LogP contribution in [0, 0.1) is 17.8 Å². The summed E-state index contributed by atoms with van der Waals surface area (Å²) in [7, 11) is 0. The SMILES string of the molecule is O=C(O)[C@H]1CC[C@H]2[C@@H](C1)O[C@@]1(C[C@H](O)[C@H](CO[C@H]3O[C@H](CO)[C@@H](O)[C@H](O)[C@H]3O)CO1)[C@]2(O)CO. The van der Waals surface area contributed by atoms with E-state index in [0.717, 1.165) is 0 Å². The Morgan fingerprint density at radius 2 is 1.79 bits per heavy atom. The summed E-state index contributed by atoms with van der Waals surface area (Å²) in [6.07, 6.45) is -8.39. The number of ether oxygens (including phenoxy) is 4. The zero-order valence-corrected chi connectivity index (χ0v) is 18.5. The van der Waals surface area contributed by atoms with Crippen LogP contribution in [0.2, 0.25) is 0 Å². The van der Waals surface area contributed by atoms with Gasteiger partial charge in [0.05, 0.1) is 44.6 Å². The molecule has 0 aromatic rings. The Morgan fingerprint density at radius 1 is 1.06 bits per heavy atom. The molecule has 4 aliphatic rings. The number of carbonyl (C=O) groups is 1. The van der Waals surface area contributed by atoms with E-state index in [4.69, 9.17) is 18.9 Å². The molecule has 196 valence electrons. The minimum Gasteiger partial charge on any atom is -0.481 e. The van der Waals surface area contributed by atoms with Crippen molar-refractivity contribution in [3.63, 3.8) is 0 Å². The van der Waals surface area contributed by atoms with E-state index < -0.39 is 91.2 Å². The van der Waals surface area contributed by atoms with Gasteiger partial charge in [0.1, 0.15) is 30.0 Å². The number of hydrogen-bond acceptors (Lipinski definition) is 12. The lowest BCUT2D eigenvalue weighted by Crippen LogP contribution is -2.63. The summed E-state index contributed by atoms with van der Waals surface area (Å²) < 4.78 is 22.7. The Morgan fingerprint density at radius 3 is 2.41 bits per heavy atom. The van der Waals surface area contributed by atoms with Crippen LogP contribution in [0.4, 0.5) is 0 Å². The molecule has 3 saturated heterocycles. The molecule has 0 aromatic heterocycles. The first-order valence-corrected chi connectivity index (χ1v) is 11.5. The van der Waals surface area contributed by atoms with Crippen LogP contribution in [0.15, 0.2) is 0 Å². The maximum atomic E-state index is 11.4. The highest BCUT2D eigenvalue weighted by Gasteiger charge is 2.68. The van der Waals surface area contributed by atoms with Gasteiger partial charge in [-0.3, -0.25) is 4.79 Å². The van der Waals surface area contributed by atoms with Crippen molar-refractivity contribution in [1.29, 1.82) is 0 Å². The summed E-state index contributed by atoms with van der Waals surface area (Å²) in [5, 5.41) is 80.7. The average molecular weight is 494 g/mol. The van der Waals surface area contributed by atoms with E-state index in [2.05, 4.69) is 0 Å². The molecule has 0 bridgehead atoms. The van der Waals surface area contributed by atoms with Crippen molar-refractivity contribution in [2.45, 2.75) is 80.0 Å². The lowest BCUT2D eigenvalue weighted by Gasteiger charge is -2.47. The third-order valence-corrected chi connectivity index (χ3v) is 7.87. The second-order valence-electron chi connectivity index (χ2n) is 9.82. The molecule has 0 radical (unpaired) electrons. The molecule has 0 amide bonds. The molecule has 0 aromatic carbocycles. The summed E-state index contributed by atoms with van der Waals surface area (Å²) in [6, 6.07) is 0. The lowest BCUT2D eigenvalue weighted by molar-refractivity contribution is -0.342. The quantitative estimate of drug-likeness (QED) is 0.180. The van der Waals surface area contributed by atoms with Gasteiger partial charge in [-0.25, -0.2) is 0 Å². The fraction of sp³-hybridized carbons (Fsp3) is 0.952. The predicted molar refractivity (Wildman–Crippen MR) is 108 cm³/mol. The van der Waals surface area contributed by atoms with Gasteiger partial charge in [0.15, 0.2) is 6.29 Å². The Balaban J connectivity index is 1.40. The van der Waals surface area contributed by atoms with Gasteiger partial charge in [0.25, 0.3) is 0 Å². The molecule has 13 heteroatoms. The summed E-state index contributed by atoms with van der Waals surface area (Å²) in [5.74, 6) is -4.51. The van der Waals surface area contributed by atoms with Crippen LogP contribution in [-0.4, -0.2) is 128 Å². The first-order valence-electron chi connectivity index (χ1n) is 11.5. The van der Waals surface area contributed by atoms with Crippen LogP contribution < -0.4 is 0 Å². The number of carboxylic acids is 1. The molecule has 13 nitrogen and oxygen atoms in total. The second kappa shape index (κ2) is 9.82. The molecular weight excluding hydrogens is 460 g/mol. The maximum absolute atomic E-state index is 11.4. The van der Waals surface area contributed by atoms with Crippen LogP contribution in [0.3, 0.4) is 0 Å². The largest absolute Gasteiger partial charge is 0.481 e. The topological polar surface area (TPSA) is 216 Å². The number of rotatable bonds is 6. The van der Waals surface area contributed by atoms with Crippen molar-refractivity contribution in [2.75, 3.05) is 26.4 Å². The van der Waals surface area contributed by atoms with Crippen molar-refractivity contribution in [3.05, 3.63) is 0 Å². The molecule has 34 heavy (non-hydrogen) atoms. The van der Waals surface area contributed by atoms with Crippen molar-refractivity contribution >= 4 is 5.97 Å². The van der Waals surface area contributed by atoms with Crippen molar-refractivity contribution in [1.82, 2.24) is 0 Å². The third-order valence-electron chi connectivity index (χ3n) is 7.87. The monoisotopic (exact) mass is 494 g/mol. The highest BCUT2D eigenvalue weighted by Crippen LogP contribution is 2.54. The second-order valence-corrected chi connectivity index (χ2v) is 9.82. The third kappa shape index (κ3) is 4.26. The van der Waals surface area contributed by atoms with E-state index in [1.54, 1.807) is 0 Å². The van der Waals surface area contributed by atoms with E-state index in [-0.39, 0.29) is 26.1 Å². The van der Waals surface area contributed by atoms with Gasteiger partial charge < -0.3 is 59.8 Å². The molecule has 12 atom stereocenters. The summed E-state index contributed by atoms with van der Waals surface area (Å²) >= 11 is 0. The number of carboxylic acid groups (broad SMARTS) is 1. The Kier molecular flexibility index (Phi) is 7.54. The van der Waals surface area contributed by atoms with Crippen LogP contribution in [0.25, 0.3) is 0 Å². The van der Waals surface area contributed by atoms with Gasteiger partial charge in [0.2, 0.25) is 5.79 Å². The van der Waals surface area contributed by atoms with E-state index in [1.807, 2.05) is 0 Å². The van der Waals surface area contributed by atoms with Crippen molar-refractivity contribution in [2.24, 2.45) is 17.8 Å². The normalized spacial score (nSPS) is 51.4. The molecule has 1 saturated carbocycles. The number of aliphatic hydroxyl groups is 7. The number of fused-ring (bicyclic) bond motifs is 1. The Hall–Kier alpha value is -0.970. The van der Waals surface area contributed by atoms with Gasteiger partial charge >= 0.3 is 5.97 Å². The van der Waals surface area contributed by atoms with Crippen LogP contribution >= 0.6 is 0 Å². The molecular formula is C21H34O13. The smallest absolute Gasteiger partial charge is 0.306 e. The van der Waals surface area contributed by atoms with Crippen molar-refractivity contribution < 1.29 is 64.6 Å². The van der Waals surface area contributed by atoms with Gasteiger partial charge in [-0.2, -0.15) is 0 Å². The molecule has 4 fully saturated rings. The molecule has 3 heterocycles. The van der Waals surface area contributed by atoms with E-state index >= 15 is 0 Å². The van der Waals surface area contributed by atoms with E-state index in [0.29, 0.717) is 12.8 Å². The minimum atomic E-state index is -1.83. The highest BCUT2D eigenvalue weighted by atomic mass is 16.7. The standard InChI is InChI=1S/C21H34O13/c22-5-14-15(25)16(26)17(27)19(33-14)31-6-10-7-32-21(4-12(10)24)20(30,8-23)11-2-1-9(18(28)29)3-13(11)34-21/h9-17,19,22-27,30H,1-8H2,(H,28,29)/t9-,10+,11-,12-,13+,14+,15+,16-,17+,19-,20-,21-/m0/s1. The van der Waals surface area contributed by atoms with Gasteiger partial charge in [0, 0.05) is 18.3 Å². The van der Waals surface area contributed by atoms with Gasteiger partial charge in [-0.05, 0) is 19.3 Å². The van der Waals surface area contributed by atoms with Crippen molar-refractivity contribution in [3.8, 4) is 0 Å². The first kappa shape index (κ1) is 26.1. The Bertz CT molecular complexity index is 735. The first-order chi connectivity index (χ1) is 16.1. The fourth-order valence-corrected chi connectivity index (χ4v) is 5.72. The predicted octanol–water partition coefficient (Wildman–Crippen LogP) is -3.48. The zero-order valence-electron chi connectivity index (χ0n) is 18.5. The fourth-order valence-electron chi connectivity index (χ4n) is 5.72. The summed E-state index contributed by atoms with van der Waals surface area (Å²) in [5.41, 5.74) is -1.83. The number of aliphatic hydroxyl groups excluding tert-OH is 6. The van der Waals surface area contributed by atoms with Crippen LogP contribution in [-0.2, 0) is 23.7 Å². The molecule has 0 unspecified atom stereocenters. The molecule has 1 aliphatic carbocycles. The minimum absolute atomic E-state index is 0.150. The molecule has 8 N–H and O–H groups in total. The van der Waals surface area contributed by atoms with E-state index in [1.165, 1.54) is 0 Å².